The minimum absolute atomic E-state index is 0.0165. The zero-order valence-electron chi connectivity index (χ0n) is 21.6. The molecule has 0 saturated carbocycles. The molecule has 2 aromatic carbocycles. The summed E-state index contributed by atoms with van der Waals surface area (Å²) in [7, 11) is 1.57. The van der Waals surface area contributed by atoms with Gasteiger partial charge in [-0.1, -0.05) is 30.3 Å². The number of fused-ring (bicyclic) bond motifs is 5. The first kappa shape index (κ1) is 26.2. The van der Waals surface area contributed by atoms with Crippen LogP contribution in [0.4, 0.5) is 0 Å². The van der Waals surface area contributed by atoms with Crippen molar-refractivity contribution in [3.05, 3.63) is 65.0 Å². The summed E-state index contributed by atoms with van der Waals surface area (Å²) in [6, 6.07) is 15.7. The van der Waals surface area contributed by atoms with Crippen LogP contribution in [0.5, 0.6) is 5.75 Å². The molecule has 1 saturated heterocycles. The molecule has 9 heteroatoms. The average Bonchev–Trinajstić information content (AvgIpc) is 3.58. The number of rotatable bonds is 4. The van der Waals surface area contributed by atoms with E-state index in [1.54, 1.807) is 28.2 Å². The van der Waals surface area contributed by atoms with Gasteiger partial charge in [0, 0.05) is 61.2 Å². The highest BCUT2D eigenvalue weighted by molar-refractivity contribution is 7.17. The molecule has 2 atom stereocenters. The lowest BCUT2D eigenvalue weighted by Gasteiger charge is -2.25. The lowest BCUT2D eigenvalue weighted by molar-refractivity contribution is -0.131. The molecule has 0 radical (unpaired) electrons. The van der Waals surface area contributed by atoms with E-state index in [4.69, 9.17) is 9.47 Å². The minimum Gasteiger partial charge on any atom is -0.494 e. The van der Waals surface area contributed by atoms with Crippen molar-refractivity contribution in [2.75, 3.05) is 53.0 Å². The van der Waals surface area contributed by atoms with E-state index in [9.17, 15) is 14.4 Å². The SMILES string of the molecule is COCCC(=O)N1C[C@@H]2C(=O)NCCN(C(=O)c3csc4ccccc34)CCCOc3cccc(c3)[C@H]2C1. The van der Waals surface area contributed by atoms with Gasteiger partial charge < -0.3 is 24.6 Å². The number of carbonyl (C=O) groups excluding carboxylic acids is 3. The van der Waals surface area contributed by atoms with Crippen molar-refractivity contribution in [2.45, 2.75) is 18.8 Å². The first-order chi connectivity index (χ1) is 18.5. The molecule has 200 valence electrons. The molecule has 3 amide bonds. The molecule has 0 unspecified atom stereocenters. The van der Waals surface area contributed by atoms with Crippen molar-refractivity contribution in [2.24, 2.45) is 5.92 Å². The molecule has 3 aromatic rings. The second-order valence-corrected chi connectivity index (χ2v) is 10.7. The van der Waals surface area contributed by atoms with Gasteiger partial charge in [0.25, 0.3) is 5.91 Å². The Labute approximate surface area is 226 Å². The van der Waals surface area contributed by atoms with E-state index in [0.717, 1.165) is 21.4 Å². The molecule has 1 N–H and O–H groups in total. The Kier molecular flexibility index (Phi) is 8.24. The highest BCUT2D eigenvalue weighted by Gasteiger charge is 2.40. The predicted octanol–water partition coefficient (Wildman–Crippen LogP) is 3.52. The first-order valence-corrected chi connectivity index (χ1v) is 14.0. The molecule has 38 heavy (non-hydrogen) atoms. The fraction of sp³-hybridized carbons (Fsp3) is 0.414. The van der Waals surface area contributed by atoms with Crippen LogP contribution in [0.1, 0.15) is 34.7 Å². The molecule has 2 bridgehead atoms. The van der Waals surface area contributed by atoms with E-state index < -0.39 is 0 Å². The summed E-state index contributed by atoms with van der Waals surface area (Å²) in [5.41, 5.74) is 1.68. The van der Waals surface area contributed by atoms with Gasteiger partial charge in [0.2, 0.25) is 11.8 Å². The summed E-state index contributed by atoms with van der Waals surface area (Å²) in [6.45, 7) is 2.91. The van der Waals surface area contributed by atoms with E-state index in [1.807, 2.05) is 53.9 Å². The third-order valence-electron chi connectivity index (χ3n) is 7.34. The zero-order chi connectivity index (χ0) is 26.5. The summed E-state index contributed by atoms with van der Waals surface area (Å²) in [6.07, 6.45) is 0.953. The molecule has 1 aromatic heterocycles. The maximum absolute atomic E-state index is 13.6. The molecule has 3 heterocycles. The maximum atomic E-state index is 13.6. The van der Waals surface area contributed by atoms with Gasteiger partial charge in [0.05, 0.1) is 31.1 Å². The van der Waals surface area contributed by atoms with Crippen LogP contribution in [0.15, 0.2) is 53.9 Å². The number of amides is 3. The Hall–Kier alpha value is -3.43. The molecule has 0 aliphatic carbocycles. The van der Waals surface area contributed by atoms with Crippen LogP contribution in [-0.4, -0.2) is 80.6 Å². The van der Waals surface area contributed by atoms with Gasteiger partial charge >= 0.3 is 0 Å². The Morgan fingerprint density at radius 2 is 1.92 bits per heavy atom. The van der Waals surface area contributed by atoms with Crippen LogP contribution in [0, 0.1) is 5.92 Å². The van der Waals surface area contributed by atoms with Crippen molar-refractivity contribution < 1.29 is 23.9 Å². The number of methoxy groups -OCH3 is 1. The topological polar surface area (TPSA) is 88.2 Å². The van der Waals surface area contributed by atoms with E-state index in [-0.39, 0.29) is 36.0 Å². The fourth-order valence-electron chi connectivity index (χ4n) is 5.31. The third-order valence-corrected chi connectivity index (χ3v) is 8.30. The number of ether oxygens (including phenoxy) is 2. The average molecular weight is 536 g/mol. The molecule has 2 aliphatic rings. The number of benzene rings is 2. The molecular formula is C29H33N3O5S. The second kappa shape index (κ2) is 12.0. The number of hydrogen-bond acceptors (Lipinski definition) is 6. The van der Waals surface area contributed by atoms with Crippen LogP contribution < -0.4 is 10.1 Å². The Morgan fingerprint density at radius 1 is 1.08 bits per heavy atom. The van der Waals surface area contributed by atoms with Crippen molar-refractivity contribution in [3.63, 3.8) is 0 Å². The molecule has 1 fully saturated rings. The van der Waals surface area contributed by atoms with Crippen molar-refractivity contribution in [1.82, 2.24) is 15.1 Å². The van der Waals surface area contributed by atoms with Crippen LogP contribution in [0.3, 0.4) is 0 Å². The van der Waals surface area contributed by atoms with Gasteiger partial charge in [0.1, 0.15) is 5.75 Å². The van der Waals surface area contributed by atoms with Crippen LogP contribution in [0.2, 0.25) is 0 Å². The van der Waals surface area contributed by atoms with Gasteiger partial charge in [0.15, 0.2) is 0 Å². The normalized spacial score (nSPS) is 20.4. The number of nitrogens with zero attached hydrogens (tertiary/aromatic N) is 2. The van der Waals surface area contributed by atoms with Gasteiger partial charge in [-0.25, -0.2) is 0 Å². The largest absolute Gasteiger partial charge is 0.494 e. The standard InChI is InChI=1S/C29H33N3O5S/c1-36-15-10-27(33)32-17-23-20-6-4-7-21(16-20)37-14-5-12-31(13-11-30-28(34)24(23)18-32)29(35)25-19-38-26-9-3-2-8-22(25)26/h2-4,6-9,16,19,23-24H,5,10-15,17-18H2,1H3,(H,30,34)/t23-,24+/m1/s1. The van der Waals surface area contributed by atoms with Crippen molar-refractivity contribution >= 4 is 39.1 Å². The zero-order valence-corrected chi connectivity index (χ0v) is 22.4. The van der Waals surface area contributed by atoms with Crippen molar-refractivity contribution in [1.29, 1.82) is 0 Å². The number of likely N-dealkylation sites (tertiary alicyclic amines) is 1. The molecule has 5 rings (SSSR count). The van der Waals surface area contributed by atoms with Gasteiger partial charge in [-0.2, -0.15) is 0 Å². The number of nitrogens with one attached hydrogen (secondary N) is 1. The molecular weight excluding hydrogens is 502 g/mol. The smallest absolute Gasteiger partial charge is 0.255 e. The van der Waals surface area contributed by atoms with E-state index >= 15 is 0 Å². The highest BCUT2D eigenvalue weighted by atomic mass is 32.1. The number of carbonyl (C=O) groups is 3. The lowest BCUT2D eigenvalue weighted by Crippen LogP contribution is -2.42. The molecule has 0 spiro atoms. The first-order valence-electron chi connectivity index (χ1n) is 13.1. The van der Waals surface area contributed by atoms with Gasteiger partial charge in [-0.3, -0.25) is 14.4 Å². The molecule has 2 aliphatic heterocycles. The highest BCUT2D eigenvalue weighted by Crippen LogP contribution is 2.35. The lowest BCUT2D eigenvalue weighted by atomic mass is 9.88. The summed E-state index contributed by atoms with van der Waals surface area (Å²) in [5.74, 6) is 0.0441. The van der Waals surface area contributed by atoms with Gasteiger partial charge in [-0.05, 0) is 30.2 Å². The van der Waals surface area contributed by atoms with E-state index in [2.05, 4.69) is 5.32 Å². The maximum Gasteiger partial charge on any atom is 0.255 e. The van der Waals surface area contributed by atoms with E-state index in [1.165, 1.54) is 0 Å². The van der Waals surface area contributed by atoms with Gasteiger partial charge in [-0.15, -0.1) is 11.3 Å². The summed E-state index contributed by atoms with van der Waals surface area (Å²) < 4.78 is 12.2. The quantitative estimate of drug-likeness (QED) is 0.552. The van der Waals surface area contributed by atoms with Crippen molar-refractivity contribution in [3.8, 4) is 5.75 Å². The summed E-state index contributed by atoms with van der Waals surface area (Å²) >= 11 is 1.56. The summed E-state index contributed by atoms with van der Waals surface area (Å²) in [4.78, 5) is 43.3. The predicted molar refractivity (Wildman–Crippen MR) is 147 cm³/mol. The number of thiophene rings is 1. The molecule has 8 nitrogen and oxygen atoms in total. The Bertz CT molecular complexity index is 1310. The van der Waals surface area contributed by atoms with Crippen LogP contribution in [-0.2, 0) is 14.3 Å². The Morgan fingerprint density at radius 3 is 2.79 bits per heavy atom. The monoisotopic (exact) mass is 535 g/mol. The number of hydrogen-bond donors (Lipinski definition) is 1. The third kappa shape index (κ3) is 5.68. The second-order valence-electron chi connectivity index (χ2n) is 9.76. The Balaban J connectivity index is 1.36. The fourth-order valence-corrected chi connectivity index (χ4v) is 6.25. The van der Waals surface area contributed by atoms with Crippen LogP contribution >= 0.6 is 11.3 Å². The van der Waals surface area contributed by atoms with E-state index in [0.29, 0.717) is 57.9 Å². The minimum atomic E-state index is -0.385. The summed E-state index contributed by atoms with van der Waals surface area (Å²) in [5, 5.41) is 5.93. The van der Waals surface area contributed by atoms with Crippen LogP contribution in [0.25, 0.3) is 10.1 Å².